The van der Waals surface area contributed by atoms with Crippen LogP contribution >= 0.6 is 22.6 Å². The van der Waals surface area contributed by atoms with Crippen LogP contribution < -0.4 is 10.0 Å². The van der Waals surface area contributed by atoms with E-state index in [0.29, 0.717) is 9.09 Å². The average molecular weight is 660 g/mol. The zero-order chi connectivity index (χ0) is 27.0. The lowest BCUT2D eigenvalue weighted by Crippen LogP contribution is -2.20. The summed E-state index contributed by atoms with van der Waals surface area (Å²) in [6.45, 7) is 1.62. The van der Waals surface area contributed by atoms with Crippen LogP contribution in [0.4, 0.5) is 20.2 Å². The number of sulfonamides is 1. The molecule has 0 radical (unpaired) electrons. The van der Waals surface area contributed by atoms with Crippen molar-refractivity contribution in [3.05, 3.63) is 81.7 Å². The summed E-state index contributed by atoms with van der Waals surface area (Å²) in [7, 11) is -7.85. The Morgan fingerprint density at radius 3 is 2.43 bits per heavy atom. The zero-order valence-corrected chi connectivity index (χ0v) is 22.9. The zero-order valence-electron chi connectivity index (χ0n) is 19.1. The van der Waals surface area contributed by atoms with E-state index in [1.807, 2.05) is 27.3 Å². The van der Waals surface area contributed by atoms with Crippen LogP contribution in [0.5, 0.6) is 0 Å². The summed E-state index contributed by atoms with van der Waals surface area (Å²) in [5.74, 6) is -4.04. The third-order valence-electron chi connectivity index (χ3n) is 5.15. The molecule has 2 heterocycles. The average Bonchev–Trinajstić information content (AvgIpc) is 3.17. The van der Waals surface area contributed by atoms with Crippen LogP contribution in [0.2, 0.25) is 0 Å². The number of nitrogens with one attached hydrogen (secondary N) is 2. The van der Waals surface area contributed by atoms with Crippen molar-refractivity contribution < 1.29 is 30.4 Å². The first-order valence-electron chi connectivity index (χ1n) is 10.7. The molecule has 0 fully saturated rings. The number of amides is 1. The summed E-state index contributed by atoms with van der Waals surface area (Å²) in [5, 5.41) is 2.68. The molecule has 2 aromatic carbocycles. The van der Waals surface area contributed by atoms with Crippen molar-refractivity contribution >= 4 is 71.0 Å². The molecule has 4 aromatic rings. The predicted molar refractivity (Wildman–Crippen MR) is 143 cm³/mol. The van der Waals surface area contributed by atoms with Gasteiger partial charge < -0.3 is 5.32 Å². The van der Waals surface area contributed by atoms with E-state index in [0.717, 1.165) is 22.3 Å². The second-order valence-corrected chi connectivity index (χ2v) is 12.6. The Balaban J connectivity index is 1.67. The number of nitrogens with zero attached hydrogens (tertiary/aromatic N) is 2. The van der Waals surface area contributed by atoms with Crippen molar-refractivity contribution in [3.8, 4) is 0 Å². The lowest BCUT2D eigenvalue weighted by Gasteiger charge is -2.12. The second-order valence-electron chi connectivity index (χ2n) is 7.85. The van der Waals surface area contributed by atoms with Gasteiger partial charge in [0.2, 0.25) is 10.0 Å². The van der Waals surface area contributed by atoms with Crippen LogP contribution in [0, 0.1) is 15.3 Å². The normalized spacial score (nSPS) is 12.0. The number of carbonyl (C=O) groups is 1. The van der Waals surface area contributed by atoms with E-state index < -0.39 is 48.8 Å². The largest absolute Gasteiger partial charge is 0.320 e. The number of fused-ring (bicyclic) bond motifs is 1. The third-order valence-corrected chi connectivity index (χ3v) is 9.47. The Morgan fingerprint density at radius 2 is 1.76 bits per heavy atom. The molecule has 0 aliphatic heterocycles. The van der Waals surface area contributed by atoms with Crippen molar-refractivity contribution in [1.82, 2.24) is 8.96 Å². The van der Waals surface area contributed by atoms with E-state index in [2.05, 4.69) is 10.3 Å². The van der Waals surface area contributed by atoms with Gasteiger partial charge in [0.15, 0.2) is 11.5 Å². The van der Waals surface area contributed by atoms with Crippen molar-refractivity contribution in [1.29, 1.82) is 0 Å². The maximum absolute atomic E-state index is 14.9. The number of aromatic nitrogens is 2. The van der Waals surface area contributed by atoms with Gasteiger partial charge in [0.05, 0.1) is 31.9 Å². The fraction of sp³-hybridized carbons (Fsp3) is 0.130. The summed E-state index contributed by atoms with van der Waals surface area (Å²) in [4.78, 5) is 17.0. The molecule has 0 bridgehead atoms. The quantitative estimate of drug-likeness (QED) is 0.267. The number of anilines is 2. The molecule has 4 rings (SSSR count). The van der Waals surface area contributed by atoms with E-state index in [-0.39, 0.29) is 28.4 Å². The first-order chi connectivity index (χ1) is 17.4. The number of hydrogen-bond acceptors (Lipinski definition) is 6. The van der Waals surface area contributed by atoms with Gasteiger partial charge in [0.1, 0.15) is 11.4 Å². The van der Waals surface area contributed by atoms with Gasteiger partial charge in [-0.1, -0.05) is 25.1 Å². The van der Waals surface area contributed by atoms with Gasteiger partial charge in [-0.25, -0.2) is 34.6 Å². The predicted octanol–water partition coefficient (Wildman–Crippen LogP) is 4.56. The number of hydrogen-bond donors (Lipinski definition) is 2. The molecular formula is C23H19F2IN4O5S2. The fourth-order valence-electron chi connectivity index (χ4n) is 3.55. The third kappa shape index (κ3) is 5.45. The van der Waals surface area contributed by atoms with Crippen molar-refractivity contribution in [3.63, 3.8) is 0 Å². The summed E-state index contributed by atoms with van der Waals surface area (Å²) in [6, 6.07) is 12.4. The molecule has 0 saturated carbocycles. The molecule has 0 saturated heterocycles. The molecule has 0 spiro atoms. The van der Waals surface area contributed by atoms with Gasteiger partial charge in [0, 0.05) is 5.39 Å². The highest BCUT2D eigenvalue weighted by atomic mass is 127. The standard InChI is InChI=1S/C23H19F2IN4O5S2/c1-2-10-36(32,33)29-18-9-8-17(24)20(21(18)25)23(31)28-15-11-14-12-19(26)30(22(14)27-13-15)37(34,35)16-6-4-3-5-7-16/h3-9,11-13,29H,2,10H2,1H3,(H,28,31). The first kappa shape index (κ1) is 26.9. The first-order valence-corrected chi connectivity index (χ1v) is 14.9. The maximum atomic E-state index is 14.9. The van der Waals surface area contributed by atoms with Gasteiger partial charge in [-0.15, -0.1) is 0 Å². The number of carbonyl (C=O) groups excluding carboxylic acids is 1. The molecule has 2 N–H and O–H groups in total. The van der Waals surface area contributed by atoms with Crippen molar-refractivity contribution in [2.45, 2.75) is 18.2 Å². The molecule has 194 valence electrons. The van der Waals surface area contributed by atoms with Gasteiger partial charge in [0.25, 0.3) is 15.9 Å². The second kappa shape index (κ2) is 10.3. The van der Waals surface area contributed by atoms with Crippen LogP contribution in [-0.4, -0.2) is 37.5 Å². The number of rotatable bonds is 8. The molecule has 37 heavy (non-hydrogen) atoms. The molecule has 14 heteroatoms. The SMILES string of the molecule is CCCS(=O)(=O)Nc1ccc(F)c(C(=O)Nc2cnc3c(c2)cc(I)n3S(=O)(=O)c2ccccc2)c1F. The molecule has 2 aromatic heterocycles. The number of halogens is 3. The van der Waals surface area contributed by atoms with E-state index in [9.17, 15) is 30.4 Å². The van der Waals surface area contributed by atoms with Gasteiger partial charge >= 0.3 is 0 Å². The topological polar surface area (TPSA) is 127 Å². The molecule has 0 atom stereocenters. The molecular weight excluding hydrogens is 641 g/mol. The van der Waals surface area contributed by atoms with Gasteiger partial charge in [-0.05, 0) is 65.4 Å². The lowest BCUT2D eigenvalue weighted by molar-refractivity contribution is 0.101. The minimum atomic E-state index is -3.96. The maximum Gasteiger partial charge on any atom is 0.270 e. The fourth-order valence-corrected chi connectivity index (χ4v) is 7.40. The van der Waals surface area contributed by atoms with Crippen LogP contribution in [-0.2, 0) is 20.0 Å². The molecule has 9 nitrogen and oxygen atoms in total. The highest BCUT2D eigenvalue weighted by Gasteiger charge is 2.25. The monoisotopic (exact) mass is 660 g/mol. The van der Waals surface area contributed by atoms with E-state index in [1.54, 1.807) is 25.1 Å². The molecule has 0 unspecified atom stereocenters. The highest BCUT2D eigenvalue weighted by molar-refractivity contribution is 14.1. The van der Waals surface area contributed by atoms with Crippen LogP contribution in [0.1, 0.15) is 23.7 Å². The van der Waals surface area contributed by atoms with Gasteiger partial charge in [-0.2, -0.15) is 0 Å². The summed E-state index contributed by atoms with van der Waals surface area (Å²) < 4.78 is 83.0. The van der Waals surface area contributed by atoms with Crippen LogP contribution in [0.15, 0.2) is 65.7 Å². The van der Waals surface area contributed by atoms with E-state index >= 15 is 0 Å². The number of pyridine rings is 1. The Hall–Kier alpha value is -3.11. The lowest BCUT2D eigenvalue weighted by atomic mass is 10.1. The summed E-state index contributed by atoms with van der Waals surface area (Å²) >= 11 is 1.84. The number of benzene rings is 2. The Morgan fingerprint density at radius 1 is 1.05 bits per heavy atom. The molecule has 0 aliphatic carbocycles. The highest BCUT2D eigenvalue weighted by Crippen LogP contribution is 2.28. The smallest absolute Gasteiger partial charge is 0.270 e. The van der Waals surface area contributed by atoms with Crippen molar-refractivity contribution in [2.75, 3.05) is 15.8 Å². The van der Waals surface area contributed by atoms with Gasteiger partial charge in [-0.3, -0.25) is 9.52 Å². The van der Waals surface area contributed by atoms with E-state index in [4.69, 9.17) is 0 Å². The van der Waals surface area contributed by atoms with Crippen LogP contribution in [0.25, 0.3) is 11.0 Å². The van der Waals surface area contributed by atoms with Crippen molar-refractivity contribution in [2.24, 2.45) is 0 Å². The van der Waals surface area contributed by atoms with Crippen LogP contribution in [0.3, 0.4) is 0 Å². The minimum Gasteiger partial charge on any atom is -0.320 e. The minimum absolute atomic E-state index is 0.0407. The molecule has 0 aliphatic rings. The Bertz CT molecular complexity index is 1730. The van der Waals surface area contributed by atoms with E-state index in [1.165, 1.54) is 24.3 Å². The molecule has 1 amide bonds. The Labute approximate surface area is 225 Å². The summed E-state index contributed by atoms with van der Waals surface area (Å²) in [5.41, 5.74) is -1.42. The summed E-state index contributed by atoms with van der Waals surface area (Å²) in [6.07, 6.45) is 1.42. The Kier molecular flexibility index (Phi) is 7.52.